The second-order valence-corrected chi connectivity index (χ2v) is 7.27. The van der Waals surface area contributed by atoms with Crippen molar-refractivity contribution in [3.63, 3.8) is 0 Å². The van der Waals surface area contributed by atoms with Gasteiger partial charge in [-0.1, -0.05) is 24.3 Å². The number of Topliss-reactive ketones (excluding diaryl/α,β-unsaturated/α-hetero) is 1. The number of aromatic nitrogens is 6. The first-order chi connectivity index (χ1) is 15.7. The van der Waals surface area contributed by atoms with Crippen molar-refractivity contribution < 1.29 is 9.90 Å². The molecule has 158 valence electrons. The van der Waals surface area contributed by atoms with Crippen molar-refractivity contribution in [2.75, 3.05) is 5.32 Å². The van der Waals surface area contributed by atoms with E-state index in [0.717, 1.165) is 22.5 Å². The van der Waals surface area contributed by atoms with Gasteiger partial charge in [-0.25, -0.2) is 14.5 Å². The van der Waals surface area contributed by atoms with E-state index in [4.69, 9.17) is 0 Å². The quantitative estimate of drug-likeness (QED) is 0.339. The number of H-pyrrole nitrogens is 1. The van der Waals surface area contributed by atoms with Crippen LogP contribution in [0.5, 0.6) is 5.75 Å². The summed E-state index contributed by atoms with van der Waals surface area (Å²) in [5.74, 6) is 0.785. The van der Waals surface area contributed by atoms with Crippen LogP contribution in [0.3, 0.4) is 0 Å². The summed E-state index contributed by atoms with van der Waals surface area (Å²) in [5, 5.41) is 23.7. The van der Waals surface area contributed by atoms with Crippen LogP contribution in [0.2, 0.25) is 0 Å². The number of aryl methyl sites for hydroxylation is 1. The fraction of sp³-hybridized carbons (Fsp3) is 0.0870. The normalized spacial score (nSPS) is 11.0. The number of nitrogens with zero attached hydrogens (tertiary/aromatic N) is 5. The van der Waals surface area contributed by atoms with E-state index in [1.54, 1.807) is 47.4 Å². The minimum absolute atomic E-state index is 0.0395. The van der Waals surface area contributed by atoms with Gasteiger partial charge >= 0.3 is 0 Å². The van der Waals surface area contributed by atoms with E-state index in [2.05, 4.69) is 30.6 Å². The number of phenolic OH excluding ortho intramolecular Hbond substituents is 1. The Morgan fingerprint density at radius 2 is 1.97 bits per heavy atom. The molecule has 0 bridgehead atoms. The number of phenols is 1. The number of aromatic amines is 1. The van der Waals surface area contributed by atoms with E-state index < -0.39 is 0 Å². The molecule has 0 atom stereocenters. The Morgan fingerprint density at radius 1 is 1.09 bits per heavy atom. The van der Waals surface area contributed by atoms with Crippen LogP contribution < -0.4 is 5.32 Å². The zero-order chi connectivity index (χ0) is 21.9. The summed E-state index contributed by atoms with van der Waals surface area (Å²) in [6.45, 7) is 0. The summed E-state index contributed by atoms with van der Waals surface area (Å²) >= 11 is 0. The highest BCUT2D eigenvalue weighted by Gasteiger charge is 2.13. The Balaban J connectivity index is 1.34. The number of hydrogen-bond donors (Lipinski definition) is 3. The summed E-state index contributed by atoms with van der Waals surface area (Å²) in [6, 6.07) is 14.2. The van der Waals surface area contributed by atoms with Gasteiger partial charge in [-0.15, -0.1) is 0 Å². The van der Waals surface area contributed by atoms with Crippen molar-refractivity contribution >= 4 is 22.9 Å². The van der Waals surface area contributed by atoms with Crippen LogP contribution in [0.4, 0.5) is 11.5 Å². The number of aromatic hydroxyl groups is 1. The Labute approximate surface area is 182 Å². The van der Waals surface area contributed by atoms with E-state index in [1.165, 1.54) is 6.33 Å². The Morgan fingerprint density at radius 3 is 2.78 bits per heavy atom. The maximum Gasteiger partial charge on any atom is 0.199 e. The monoisotopic (exact) mass is 425 g/mol. The van der Waals surface area contributed by atoms with Crippen LogP contribution in [-0.2, 0) is 6.42 Å². The van der Waals surface area contributed by atoms with Crippen molar-refractivity contribution in [3.8, 4) is 17.0 Å². The molecule has 0 fully saturated rings. The van der Waals surface area contributed by atoms with E-state index in [-0.39, 0.29) is 11.5 Å². The molecule has 0 saturated heterocycles. The lowest BCUT2D eigenvalue weighted by Crippen LogP contribution is -2.04. The second-order valence-electron chi connectivity index (χ2n) is 7.27. The Bertz CT molecular complexity index is 1380. The minimum Gasteiger partial charge on any atom is -0.508 e. The van der Waals surface area contributed by atoms with Gasteiger partial charge in [0, 0.05) is 29.4 Å². The lowest BCUT2D eigenvalue weighted by Gasteiger charge is -2.10. The molecule has 0 spiro atoms. The van der Waals surface area contributed by atoms with Crippen molar-refractivity contribution in [1.82, 2.24) is 29.8 Å². The molecular formula is C23H19N7O2. The molecule has 0 unspecified atom stereocenters. The van der Waals surface area contributed by atoms with Gasteiger partial charge in [-0.2, -0.15) is 10.2 Å². The van der Waals surface area contributed by atoms with Gasteiger partial charge in [0.15, 0.2) is 17.2 Å². The van der Waals surface area contributed by atoms with Crippen molar-refractivity contribution in [3.05, 3.63) is 84.6 Å². The molecule has 5 aromatic rings. The topological polar surface area (TPSA) is 121 Å². The maximum absolute atomic E-state index is 12.7. The summed E-state index contributed by atoms with van der Waals surface area (Å²) in [5.41, 5.74) is 4.51. The van der Waals surface area contributed by atoms with Crippen molar-refractivity contribution in [2.24, 2.45) is 0 Å². The number of fused-ring (bicyclic) bond motifs is 1. The van der Waals surface area contributed by atoms with Gasteiger partial charge in [-0.3, -0.25) is 9.89 Å². The summed E-state index contributed by atoms with van der Waals surface area (Å²) < 4.78 is 1.69. The van der Waals surface area contributed by atoms with E-state index in [1.807, 2.05) is 24.3 Å². The first-order valence-electron chi connectivity index (χ1n) is 10.0. The number of nitrogens with one attached hydrogen (secondary N) is 2. The van der Waals surface area contributed by atoms with Crippen LogP contribution in [-0.4, -0.2) is 40.7 Å². The minimum atomic E-state index is 0.0395. The molecular weight excluding hydrogens is 406 g/mol. The number of carbonyl (C=O) groups is 1. The lowest BCUT2D eigenvalue weighted by molar-refractivity contribution is 0.0983. The highest BCUT2D eigenvalue weighted by Crippen LogP contribution is 2.24. The van der Waals surface area contributed by atoms with Crippen molar-refractivity contribution in [2.45, 2.75) is 12.8 Å². The zero-order valence-corrected chi connectivity index (χ0v) is 16.9. The molecule has 3 N–H and O–H groups in total. The van der Waals surface area contributed by atoms with E-state index in [0.29, 0.717) is 29.9 Å². The molecule has 0 radical (unpaired) electrons. The molecule has 9 heteroatoms. The molecule has 0 aliphatic heterocycles. The molecule has 0 amide bonds. The number of anilines is 2. The average molecular weight is 425 g/mol. The first-order valence-corrected chi connectivity index (χ1v) is 10.0. The average Bonchev–Trinajstić information content (AvgIpc) is 3.52. The second kappa shape index (κ2) is 8.31. The summed E-state index contributed by atoms with van der Waals surface area (Å²) in [7, 11) is 0. The number of hydrogen-bond acceptors (Lipinski definition) is 7. The molecule has 3 heterocycles. The van der Waals surface area contributed by atoms with Crippen LogP contribution in [0.15, 0.2) is 73.4 Å². The maximum atomic E-state index is 12.7. The van der Waals surface area contributed by atoms with Gasteiger partial charge in [0.1, 0.15) is 12.1 Å². The van der Waals surface area contributed by atoms with Crippen LogP contribution in [0, 0.1) is 0 Å². The molecule has 9 nitrogen and oxygen atoms in total. The summed E-state index contributed by atoms with van der Waals surface area (Å²) in [6.07, 6.45) is 7.60. The smallest absolute Gasteiger partial charge is 0.199 e. The third-order valence-corrected chi connectivity index (χ3v) is 5.12. The van der Waals surface area contributed by atoms with Gasteiger partial charge in [0.05, 0.1) is 18.1 Å². The fourth-order valence-electron chi connectivity index (χ4n) is 3.47. The van der Waals surface area contributed by atoms with E-state index >= 15 is 0 Å². The van der Waals surface area contributed by atoms with Crippen LogP contribution in [0.1, 0.15) is 22.3 Å². The molecule has 5 rings (SSSR count). The van der Waals surface area contributed by atoms with Gasteiger partial charge < -0.3 is 10.4 Å². The largest absolute Gasteiger partial charge is 0.508 e. The third-order valence-electron chi connectivity index (χ3n) is 5.12. The molecule has 0 aliphatic rings. The number of rotatable bonds is 7. The highest BCUT2D eigenvalue weighted by molar-refractivity contribution is 5.97. The molecule has 0 saturated carbocycles. The third kappa shape index (κ3) is 3.91. The highest BCUT2D eigenvalue weighted by atomic mass is 16.3. The van der Waals surface area contributed by atoms with Gasteiger partial charge in [0.25, 0.3) is 0 Å². The van der Waals surface area contributed by atoms with Gasteiger partial charge in [0.2, 0.25) is 0 Å². The predicted octanol–water partition coefficient (Wildman–Crippen LogP) is 3.78. The number of benzene rings is 2. The van der Waals surface area contributed by atoms with Crippen LogP contribution >= 0.6 is 0 Å². The summed E-state index contributed by atoms with van der Waals surface area (Å²) in [4.78, 5) is 21.5. The Kier molecular flexibility index (Phi) is 5.04. The SMILES string of the molecule is O=C(CCc1ccc(O)cc1)c1cccc(Nc2ncc(-c3cn[nH]c3)n3ncnc23)c1. The van der Waals surface area contributed by atoms with Crippen molar-refractivity contribution in [1.29, 1.82) is 0 Å². The van der Waals surface area contributed by atoms with Gasteiger partial charge in [-0.05, 0) is 36.2 Å². The van der Waals surface area contributed by atoms with Crippen LogP contribution in [0.25, 0.3) is 16.9 Å². The van der Waals surface area contributed by atoms with E-state index in [9.17, 15) is 9.90 Å². The fourth-order valence-corrected chi connectivity index (χ4v) is 3.47. The number of carbonyl (C=O) groups excluding carboxylic acids is 1. The first kappa shape index (κ1) is 19.4. The molecule has 0 aliphatic carbocycles. The molecule has 32 heavy (non-hydrogen) atoms. The lowest BCUT2D eigenvalue weighted by atomic mass is 10.0. The number of ketones is 1. The zero-order valence-electron chi connectivity index (χ0n) is 16.9. The molecule has 3 aromatic heterocycles. The molecule has 2 aromatic carbocycles. The predicted molar refractivity (Wildman–Crippen MR) is 119 cm³/mol. The Hall–Kier alpha value is -4.53. The standard InChI is InChI=1S/C23H19N7O2/c31-19-7-4-15(5-8-19)6-9-21(32)16-2-1-3-18(10-16)29-22-23-25-14-28-30(23)20(13-24-22)17-11-26-27-12-17/h1-5,7-8,10-14,31H,6,9H2,(H,24,29)(H,26,27).